The number of carbonyl (C=O) groups excluding carboxylic acids is 1. The molecule has 1 aromatic heterocycles. The molecule has 20 heavy (non-hydrogen) atoms. The molecule has 114 valence electrons. The molecule has 1 heterocycles. The van der Waals surface area contributed by atoms with Gasteiger partial charge in [-0.05, 0) is 27.7 Å². The highest BCUT2D eigenvalue weighted by molar-refractivity contribution is 5.92. The molecular weight excluding hydrogens is 256 g/mol. The lowest BCUT2D eigenvalue weighted by Crippen LogP contribution is -3.11. The van der Waals surface area contributed by atoms with E-state index in [1.54, 1.807) is 17.9 Å². The summed E-state index contributed by atoms with van der Waals surface area (Å²) in [5.41, 5.74) is 0. The number of anilines is 1. The quantitative estimate of drug-likeness (QED) is 0.519. The number of nitrogens with zero attached hydrogens (tertiary/aromatic N) is 1. The first kappa shape index (κ1) is 16.7. The maximum atomic E-state index is 11.9. The summed E-state index contributed by atoms with van der Waals surface area (Å²) in [5.74, 6) is 1.15. The Labute approximate surface area is 120 Å². The molecule has 0 saturated heterocycles. The van der Waals surface area contributed by atoms with E-state index < -0.39 is 0 Å². The van der Waals surface area contributed by atoms with Gasteiger partial charge in [0.15, 0.2) is 11.9 Å². The topological polar surface area (TPSA) is 76.2 Å². The van der Waals surface area contributed by atoms with Crippen molar-refractivity contribution in [3.8, 4) is 0 Å². The highest BCUT2D eigenvalue weighted by Gasteiger charge is 2.17. The summed E-state index contributed by atoms with van der Waals surface area (Å²) in [4.78, 5) is 13.5. The van der Waals surface area contributed by atoms with Crippen LogP contribution in [0.3, 0.4) is 0 Å². The first-order chi connectivity index (χ1) is 9.56. The molecule has 0 saturated carbocycles. The number of amides is 1. The van der Waals surface area contributed by atoms with Gasteiger partial charge in [0, 0.05) is 12.5 Å². The number of hydrogen-bond acceptors (Lipinski definition) is 3. The van der Waals surface area contributed by atoms with E-state index in [2.05, 4.69) is 29.6 Å². The van der Waals surface area contributed by atoms with Crippen LogP contribution >= 0.6 is 0 Å². The van der Waals surface area contributed by atoms with Crippen LogP contribution in [0.1, 0.15) is 33.0 Å². The summed E-state index contributed by atoms with van der Waals surface area (Å²) in [5, 5.41) is 8.58. The van der Waals surface area contributed by atoms with E-state index >= 15 is 0 Å². The lowest BCUT2D eigenvalue weighted by molar-refractivity contribution is -0.898. The van der Waals surface area contributed by atoms with Crippen molar-refractivity contribution in [2.45, 2.75) is 40.2 Å². The van der Waals surface area contributed by atoms with Crippen molar-refractivity contribution in [2.24, 2.45) is 0 Å². The van der Waals surface area contributed by atoms with E-state index in [4.69, 9.17) is 4.52 Å². The van der Waals surface area contributed by atoms with Crippen LogP contribution in [0.25, 0.3) is 0 Å². The van der Waals surface area contributed by atoms with Crippen LogP contribution in [0.5, 0.6) is 0 Å². The summed E-state index contributed by atoms with van der Waals surface area (Å²) < 4.78 is 4.92. The Morgan fingerprint density at radius 2 is 2.20 bits per heavy atom. The lowest BCUT2D eigenvalue weighted by atomic mass is 10.3. The molecule has 1 rings (SSSR count). The van der Waals surface area contributed by atoms with Gasteiger partial charge in [0.05, 0.1) is 26.2 Å². The predicted octanol–water partition coefficient (Wildman–Crippen LogP) is -0.812. The lowest BCUT2D eigenvalue weighted by Gasteiger charge is -2.15. The van der Waals surface area contributed by atoms with E-state index in [1.807, 2.05) is 6.92 Å². The van der Waals surface area contributed by atoms with Crippen molar-refractivity contribution in [1.82, 2.24) is 5.16 Å². The Morgan fingerprint density at radius 1 is 1.50 bits per heavy atom. The molecule has 1 aromatic rings. The standard InChI is InChI=1S/C14H26N4O2/c1-5-18(6-2)9-7-8-15-12(4)14(19)16-13-10-11(3)20-17-13/h10,12,15H,5-9H2,1-4H3,(H,16,17,19)/p+2/t12-/m0/s1. The number of aryl methyl sites for hydroxylation is 1. The minimum absolute atomic E-state index is 0.0338. The van der Waals surface area contributed by atoms with Gasteiger partial charge >= 0.3 is 0 Å². The molecule has 4 N–H and O–H groups in total. The first-order valence-electron chi connectivity index (χ1n) is 7.47. The fourth-order valence-corrected chi connectivity index (χ4v) is 2.10. The van der Waals surface area contributed by atoms with Crippen molar-refractivity contribution in [2.75, 3.05) is 31.5 Å². The number of quaternary nitrogens is 2. The Balaban J connectivity index is 2.21. The van der Waals surface area contributed by atoms with Crippen LogP contribution in [0, 0.1) is 6.92 Å². The molecule has 0 aliphatic rings. The third kappa shape index (κ3) is 5.71. The Morgan fingerprint density at radius 3 is 2.75 bits per heavy atom. The molecule has 0 radical (unpaired) electrons. The highest BCUT2D eigenvalue weighted by atomic mass is 16.5. The third-order valence-electron chi connectivity index (χ3n) is 3.55. The molecule has 0 bridgehead atoms. The molecule has 0 fully saturated rings. The summed E-state index contributed by atoms with van der Waals surface area (Å²) in [6.45, 7) is 12.6. The summed E-state index contributed by atoms with van der Waals surface area (Å²) in [6.07, 6.45) is 1.12. The fraction of sp³-hybridized carbons (Fsp3) is 0.714. The number of nitrogens with two attached hydrogens (primary N) is 1. The van der Waals surface area contributed by atoms with Crippen LogP contribution in [-0.2, 0) is 4.79 Å². The Hall–Kier alpha value is -1.40. The van der Waals surface area contributed by atoms with Gasteiger partial charge < -0.3 is 20.1 Å². The summed E-state index contributed by atoms with van der Waals surface area (Å²) in [6, 6.07) is 1.60. The molecule has 1 atom stereocenters. The van der Waals surface area contributed by atoms with Gasteiger partial charge in [-0.1, -0.05) is 5.16 Å². The number of nitrogens with one attached hydrogen (secondary N) is 2. The first-order valence-corrected chi connectivity index (χ1v) is 7.47. The van der Waals surface area contributed by atoms with Crippen molar-refractivity contribution in [1.29, 1.82) is 0 Å². The van der Waals surface area contributed by atoms with Crippen LogP contribution in [0.2, 0.25) is 0 Å². The fourth-order valence-electron chi connectivity index (χ4n) is 2.10. The zero-order valence-corrected chi connectivity index (χ0v) is 13.0. The number of carbonyl (C=O) groups is 1. The summed E-state index contributed by atoms with van der Waals surface area (Å²) >= 11 is 0. The molecule has 0 aliphatic heterocycles. The van der Waals surface area contributed by atoms with Crippen molar-refractivity contribution >= 4 is 11.7 Å². The zero-order chi connectivity index (χ0) is 15.0. The number of hydrogen-bond donors (Lipinski definition) is 3. The average molecular weight is 284 g/mol. The molecule has 6 heteroatoms. The maximum Gasteiger partial charge on any atom is 0.283 e. The van der Waals surface area contributed by atoms with E-state index in [1.165, 1.54) is 6.54 Å². The van der Waals surface area contributed by atoms with Gasteiger partial charge in [0.2, 0.25) is 0 Å². The Bertz CT molecular complexity index is 402. The highest BCUT2D eigenvalue weighted by Crippen LogP contribution is 2.06. The van der Waals surface area contributed by atoms with Gasteiger partial charge in [0.1, 0.15) is 5.76 Å². The monoisotopic (exact) mass is 284 g/mol. The normalized spacial score (nSPS) is 12.7. The van der Waals surface area contributed by atoms with Gasteiger partial charge in [-0.3, -0.25) is 4.79 Å². The van der Waals surface area contributed by atoms with E-state index in [0.29, 0.717) is 11.6 Å². The van der Waals surface area contributed by atoms with Gasteiger partial charge in [-0.15, -0.1) is 0 Å². The van der Waals surface area contributed by atoms with E-state index in [-0.39, 0.29) is 11.9 Å². The SMILES string of the molecule is CC[NH+](CC)CCC[NH2+][C@@H](C)C(=O)Nc1cc(C)on1. The van der Waals surface area contributed by atoms with Crippen molar-refractivity contribution in [3.63, 3.8) is 0 Å². The second kappa shape index (κ2) is 8.71. The largest absolute Gasteiger partial charge is 0.360 e. The Kier molecular flexibility index (Phi) is 7.25. The average Bonchev–Trinajstić information content (AvgIpc) is 2.84. The van der Waals surface area contributed by atoms with Crippen molar-refractivity contribution < 1.29 is 19.5 Å². The van der Waals surface area contributed by atoms with Gasteiger partial charge in [-0.25, -0.2) is 0 Å². The number of rotatable bonds is 9. The van der Waals surface area contributed by atoms with Crippen LogP contribution < -0.4 is 15.5 Å². The van der Waals surface area contributed by atoms with Crippen LogP contribution in [-0.4, -0.2) is 43.3 Å². The predicted molar refractivity (Wildman–Crippen MR) is 77.7 cm³/mol. The van der Waals surface area contributed by atoms with E-state index in [9.17, 15) is 4.79 Å². The minimum Gasteiger partial charge on any atom is -0.360 e. The molecular formula is C14H28N4O2+2. The molecule has 1 amide bonds. The van der Waals surface area contributed by atoms with Crippen LogP contribution in [0.15, 0.2) is 10.6 Å². The second-order valence-corrected chi connectivity index (χ2v) is 5.19. The molecule has 0 aliphatic carbocycles. The minimum atomic E-state index is -0.112. The third-order valence-corrected chi connectivity index (χ3v) is 3.55. The molecule has 0 aromatic carbocycles. The number of aromatic nitrogens is 1. The van der Waals surface area contributed by atoms with E-state index in [0.717, 1.165) is 26.1 Å². The smallest absolute Gasteiger partial charge is 0.283 e. The van der Waals surface area contributed by atoms with Crippen LogP contribution in [0.4, 0.5) is 5.82 Å². The second-order valence-electron chi connectivity index (χ2n) is 5.19. The molecule has 0 spiro atoms. The molecule has 0 unspecified atom stereocenters. The summed E-state index contributed by atoms with van der Waals surface area (Å²) in [7, 11) is 0. The van der Waals surface area contributed by atoms with Gasteiger partial charge in [0.25, 0.3) is 5.91 Å². The molecule has 6 nitrogen and oxygen atoms in total. The maximum absolute atomic E-state index is 11.9. The van der Waals surface area contributed by atoms with Crippen molar-refractivity contribution in [3.05, 3.63) is 11.8 Å². The van der Waals surface area contributed by atoms with Gasteiger partial charge in [-0.2, -0.15) is 0 Å². The zero-order valence-electron chi connectivity index (χ0n) is 13.0.